The summed E-state index contributed by atoms with van der Waals surface area (Å²) < 4.78 is 11.2. The summed E-state index contributed by atoms with van der Waals surface area (Å²) in [5, 5.41) is 6.03. The molecule has 0 fully saturated rings. The van der Waals surface area contributed by atoms with Crippen LogP contribution in [-0.2, 0) is 22.1 Å². The van der Waals surface area contributed by atoms with Crippen LogP contribution in [0.4, 0.5) is 5.69 Å². The molecule has 0 heterocycles. The molecule has 0 aliphatic rings. The third-order valence-electron chi connectivity index (χ3n) is 2.47. The van der Waals surface area contributed by atoms with Crippen LogP contribution in [0.3, 0.4) is 0 Å². The second-order valence-corrected chi connectivity index (χ2v) is 5.81. The molecule has 0 saturated carbocycles. The van der Waals surface area contributed by atoms with E-state index in [1.54, 1.807) is 0 Å². The van der Waals surface area contributed by atoms with Crippen molar-refractivity contribution in [2.24, 2.45) is 0 Å². The Labute approximate surface area is 111 Å². The van der Waals surface area contributed by atoms with Crippen LogP contribution in [0.25, 0.3) is 0 Å². The molecule has 1 unspecified atom stereocenters. The highest BCUT2D eigenvalue weighted by Crippen LogP contribution is 2.14. The largest absolute Gasteiger partial charge is 0.326 e. The molecule has 1 atom stereocenters. The first-order valence-electron chi connectivity index (χ1n) is 6.04. The Hall–Kier alpha value is -1.20. The van der Waals surface area contributed by atoms with E-state index in [-0.39, 0.29) is 5.91 Å². The van der Waals surface area contributed by atoms with E-state index < -0.39 is 10.8 Å². The average molecular weight is 268 g/mol. The van der Waals surface area contributed by atoms with Gasteiger partial charge in [0, 0.05) is 48.0 Å². The van der Waals surface area contributed by atoms with Gasteiger partial charge in [0.25, 0.3) is 0 Å². The van der Waals surface area contributed by atoms with Crippen LogP contribution in [0.15, 0.2) is 24.3 Å². The minimum Gasteiger partial charge on any atom is -0.326 e. The Morgan fingerprint density at radius 2 is 2.06 bits per heavy atom. The van der Waals surface area contributed by atoms with Gasteiger partial charge in [0.15, 0.2) is 0 Å². The van der Waals surface area contributed by atoms with Crippen molar-refractivity contribution in [1.82, 2.24) is 5.32 Å². The molecule has 0 aromatic heterocycles. The zero-order valence-electron chi connectivity index (χ0n) is 10.9. The lowest BCUT2D eigenvalue weighted by atomic mass is 10.1. The van der Waals surface area contributed by atoms with Gasteiger partial charge in [0.1, 0.15) is 0 Å². The molecule has 18 heavy (non-hydrogen) atoms. The molecule has 0 spiro atoms. The van der Waals surface area contributed by atoms with E-state index in [0.717, 1.165) is 17.8 Å². The van der Waals surface area contributed by atoms with E-state index in [4.69, 9.17) is 0 Å². The highest BCUT2D eigenvalue weighted by molar-refractivity contribution is 7.84. The van der Waals surface area contributed by atoms with Gasteiger partial charge in [0.05, 0.1) is 0 Å². The van der Waals surface area contributed by atoms with E-state index in [2.05, 4.69) is 10.6 Å². The smallest absolute Gasteiger partial charge is 0.221 e. The number of anilines is 1. The number of rotatable bonds is 7. The third kappa shape index (κ3) is 5.42. The van der Waals surface area contributed by atoms with Gasteiger partial charge >= 0.3 is 0 Å². The first-order valence-corrected chi connectivity index (χ1v) is 7.53. The molecule has 0 radical (unpaired) electrons. The highest BCUT2D eigenvalue weighted by Gasteiger charge is 2.03. The Morgan fingerprint density at radius 3 is 2.72 bits per heavy atom. The number of benzene rings is 1. The van der Waals surface area contributed by atoms with Crippen molar-refractivity contribution in [3.8, 4) is 0 Å². The van der Waals surface area contributed by atoms with Crippen LogP contribution in [0.1, 0.15) is 19.4 Å². The van der Waals surface area contributed by atoms with Crippen molar-refractivity contribution < 1.29 is 9.00 Å². The van der Waals surface area contributed by atoms with Crippen LogP contribution in [-0.4, -0.2) is 28.2 Å². The second kappa shape index (κ2) is 8.00. The van der Waals surface area contributed by atoms with Crippen molar-refractivity contribution in [3.05, 3.63) is 29.8 Å². The Morgan fingerprint density at radius 1 is 1.33 bits per heavy atom. The maximum absolute atomic E-state index is 11.2. The van der Waals surface area contributed by atoms with Crippen molar-refractivity contribution in [2.45, 2.75) is 20.4 Å². The van der Waals surface area contributed by atoms with Gasteiger partial charge in [-0.15, -0.1) is 0 Å². The van der Waals surface area contributed by atoms with Gasteiger partial charge in [-0.25, -0.2) is 0 Å². The molecule has 1 aromatic rings. The molecule has 4 nitrogen and oxygen atoms in total. The summed E-state index contributed by atoms with van der Waals surface area (Å²) in [7, 11) is -0.732. The Bertz CT molecular complexity index is 421. The van der Waals surface area contributed by atoms with Crippen molar-refractivity contribution in [1.29, 1.82) is 0 Å². The van der Waals surface area contributed by atoms with Gasteiger partial charge in [-0.1, -0.05) is 25.1 Å². The lowest BCUT2D eigenvalue weighted by molar-refractivity contribution is -0.114. The van der Waals surface area contributed by atoms with E-state index in [9.17, 15) is 9.00 Å². The summed E-state index contributed by atoms with van der Waals surface area (Å²) in [6.45, 7) is 4.79. The van der Waals surface area contributed by atoms with Crippen molar-refractivity contribution in [2.75, 3.05) is 23.4 Å². The standard InChI is InChI=1S/C13H20N2O2S/c1-3-18(17)9-8-14-10-12-6-4-5-7-13(12)15-11(2)16/h4-7,14H,3,8-10H2,1-2H3,(H,15,16). The minimum absolute atomic E-state index is 0.0745. The molecule has 0 bridgehead atoms. The fourth-order valence-corrected chi connectivity index (χ4v) is 2.20. The molecule has 1 rings (SSSR count). The zero-order valence-corrected chi connectivity index (χ0v) is 11.7. The van der Waals surface area contributed by atoms with Crippen LogP contribution in [0, 0.1) is 0 Å². The van der Waals surface area contributed by atoms with Gasteiger partial charge in [-0.3, -0.25) is 9.00 Å². The van der Waals surface area contributed by atoms with E-state index in [1.165, 1.54) is 6.92 Å². The van der Waals surface area contributed by atoms with Gasteiger partial charge in [-0.05, 0) is 11.6 Å². The number of carbonyl (C=O) groups excluding carboxylic acids is 1. The number of para-hydroxylation sites is 1. The summed E-state index contributed by atoms with van der Waals surface area (Å²) in [5.41, 5.74) is 1.86. The lowest BCUT2D eigenvalue weighted by Gasteiger charge is -2.10. The summed E-state index contributed by atoms with van der Waals surface area (Å²) in [6.07, 6.45) is 0. The predicted molar refractivity (Wildman–Crippen MR) is 76.0 cm³/mol. The number of hydrogen-bond donors (Lipinski definition) is 2. The first-order chi connectivity index (χ1) is 8.63. The molecule has 1 aromatic carbocycles. The maximum Gasteiger partial charge on any atom is 0.221 e. The fourth-order valence-electron chi connectivity index (χ4n) is 1.54. The number of nitrogens with one attached hydrogen (secondary N) is 2. The summed E-state index contributed by atoms with van der Waals surface area (Å²) >= 11 is 0. The lowest BCUT2D eigenvalue weighted by Crippen LogP contribution is -2.21. The average Bonchev–Trinajstić information content (AvgIpc) is 2.35. The molecule has 100 valence electrons. The maximum atomic E-state index is 11.2. The molecule has 5 heteroatoms. The molecule has 1 amide bonds. The number of carbonyl (C=O) groups is 1. The van der Waals surface area contributed by atoms with Crippen molar-refractivity contribution in [3.63, 3.8) is 0 Å². The monoisotopic (exact) mass is 268 g/mol. The molecule has 2 N–H and O–H groups in total. The van der Waals surface area contributed by atoms with E-state index in [1.807, 2.05) is 31.2 Å². The van der Waals surface area contributed by atoms with Gasteiger partial charge in [-0.2, -0.15) is 0 Å². The third-order valence-corrected chi connectivity index (χ3v) is 3.78. The molecule has 0 aliphatic carbocycles. The SMILES string of the molecule is CCS(=O)CCNCc1ccccc1NC(C)=O. The van der Waals surface area contributed by atoms with E-state index >= 15 is 0 Å². The number of amides is 1. The van der Waals surface area contributed by atoms with Crippen LogP contribution >= 0.6 is 0 Å². The topological polar surface area (TPSA) is 58.2 Å². The normalized spacial score (nSPS) is 12.1. The summed E-state index contributed by atoms with van der Waals surface area (Å²) in [5.74, 6) is 1.29. The van der Waals surface area contributed by atoms with Gasteiger partial charge in [0.2, 0.25) is 5.91 Å². The van der Waals surface area contributed by atoms with Crippen molar-refractivity contribution >= 4 is 22.4 Å². The van der Waals surface area contributed by atoms with Crippen LogP contribution in [0.2, 0.25) is 0 Å². The molecule has 0 saturated heterocycles. The predicted octanol–water partition coefficient (Wildman–Crippen LogP) is 1.50. The Kier molecular flexibility index (Phi) is 6.60. The Balaban J connectivity index is 2.46. The minimum atomic E-state index is -0.732. The fraction of sp³-hybridized carbons (Fsp3) is 0.462. The second-order valence-electron chi connectivity index (χ2n) is 3.95. The van der Waals surface area contributed by atoms with Crippen LogP contribution in [0.5, 0.6) is 0 Å². The molecular formula is C13H20N2O2S. The number of hydrogen-bond acceptors (Lipinski definition) is 3. The summed E-state index contributed by atoms with van der Waals surface area (Å²) in [4.78, 5) is 11.1. The van der Waals surface area contributed by atoms with Gasteiger partial charge < -0.3 is 10.6 Å². The quantitative estimate of drug-likeness (QED) is 0.737. The first kappa shape index (κ1) is 14.9. The zero-order chi connectivity index (χ0) is 13.4. The van der Waals surface area contributed by atoms with Crippen LogP contribution < -0.4 is 10.6 Å². The molecular weight excluding hydrogens is 248 g/mol. The highest BCUT2D eigenvalue weighted by atomic mass is 32.2. The summed E-state index contributed by atoms with van der Waals surface area (Å²) in [6, 6.07) is 7.67. The molecule has 0 aliphatic heterocycles. The van der Waals surface area contributed by atoms with E-state index in [0.29, 0.717) is 18.1 Å².